The molecule has 27 rings (SSSR count). The summed E-state index contributed by atoms with van der Waals surface area (Å²) < 4.78 is 0. The topological polar surface area (TPSA) is 142 Å². The fourth-order valence-corrected chi connectivity index (χ4v) is 19.7. The molecule has 0 amide bonds. The van der Waals surface area contributed by atoms with Gasteiger partial charge >= 0.3 is 0 Å². The largest absolute Gasteiger partial charge is 0.264 e. The fraction of sp³-hybridized carbons (Fsp3) is 0. The molecule has 0 spiro atoms. The first-order valence-electron chi connectivity index (χ1n) is 44.3. The van der Waals surface area contributed by atoms with Crippen molar-refractivity contribution in [1.82, 2.24) is 54.8 Å². The number of fused-ring (bicyclic) bond motifs is 15. The number of hydrogen-bond donors (Lipinski definition) is 0. The van der Waals surface area contributed by atoms with Crippen LogP contribution in [-0.4, -0.2) is 54.8 Å². The normalized spacial score (nSPS) is 11.6. The zero-order valence-electron chi connectivity index (χ0n) is 71.1. The number of rotatable bonds is 9. The van der Waals surface area contributed by atoms with Crippen molar-refractivity contribution in [2.75, 3.05) is 0 Å². The van der Waals surface area contributed by atoms with E-state index in [0.29, 0.717) is 17.5 Å². The predicted octanol–water partition coefficient (Wildman–Crippen LogP) is 30.7. The quantitative estimate of drug-likeness (QED) is 0.127. The van der Waals surface area contributed by atoms with Crippen molar-refractivity contribution in [2.24, 2.45) is 0 Å². The van der Waals surface area contributed by atoms with Crippen LogP contribution in [0.1, 0.15) is 0 Å². The Morgan fingerprint density at radius 2 is 0.371 bits per heavy atom. The second-order valence-corrected chi connectivity index (χ2v) is 33.6. The Kier molecular flexibility index (Phi) is 18.7. The zero-order chi connectivity index (χ0) is 87.1. The lowest BCUT2D eigenvalue weighted by Crippen LogP contribution is -1.98. The van der Waals surface area contributed by atoms with E-state index >= 15 is 0 Å². The molecule has 0 unspecified atom stereocenters. The van der Waals surface area contributed by atoms with Crippen LogP contribution in [0.5, 0.6) is 0 Å². The van der Waals surface area contributed by atoms with Gasteiger partial charge in [0.25, 0.3) is 0 Å². The lowest BCUT2D eigenvalue weighted by atomic mass is 9.92. The maximum absolute atomic E-state index is 5.34. The van der Waals surface area contributed by atoms with Crippen LogP contribution in [0.25, 0.3) is 264 Å². The van der Waals surface area contributed by atoms with Gasteiger partial charge in [-0.25, -0.2) is 49.8 Å². The van der Waals surface area contributed by atoms with Crippen molar-refractivity contribution in [3.05, 3.63) is 444 Å². The molecular weight excluding hydrogens is 1610 g/mol. The molecule has 11 heteroatoms. The molecule has 0 atom stereocenters. The Balaban J connectivity index is 0.000000106. The van der Waals surface area contributed by atoms with E-state index in [-0.39, 0.29) is 0 Å². The van der Waals surface area contributed by atoms with Crippen molar-refractivity contribution < 1.29 is 0 Å². The number of pyridine rings is 1. The highest BCUT2D eigenvalue weighted by atomic mass is 14.9. The van der Waals surface area contributed by atoms with Gasteiger partial charge in [-0.15, -0.1) is 0 Å². The van der Waals surface area contributed by atoms with Crippen LogP contribution < -0.4 is 0 Å². The van der Waals surface area contributed by atoms with Crippen LogP contribution in [-0.2, 0) is 0 Å². The maximum Gasteiger partial charge on any atom is 0.160 e. The molecule has 6 heterocycles. The Hall–Kier alpha value is -17.9. The molecule has 0 radical (unpaired) electrons. The summed E-state index contributed by atoms with van der Waals surface area (Å²) in [6, 6.07) is 144. The summed E-state index contributed by atoms with van der Waals surface area (Å²) in [6.45, 7) is 0. The molecule has 0 aliphatic heterocycles. The van der Waals surface area contributed by atoms with E-state index < -0.39 is 0 Å². The minimum atomic E-state index is 0.659. The molecule has 0 bridgehead atoms. The third kappa shape index (κ3) is 13.7. The van der Waals surface area contributed by atoms with Crippen molar-refractivity contribution >= 4 is 162 Å². The lowest BCUT2D eigenvalue weighted by Gasteiger charge is -2.16. The zero-order valence-corrected chi connectivity index (χ0v) is 71.1. The van der Waals surface area contributed by atoms with Crippen LogP contribution in [0, 0.1) is 0 Å². The van der Waals surface area contributed by atoms with E-state index in [0.717, 1.165) is 160 Å². The minimum absolute atomic E-state index is 0.659. The molecule has 0 aliphatic rings. The fourth-order valence-electron chi connectivity index (χ4n) is 19.7. The number of nitrogens with zero attached hydrogens (tertiary/aromatic N) is 11. The Labute approximate surface area is 757 Å². The van der Waals surface area contributed by atoms with E-state index in [1.54, 1.807) is 12.7 Å². The first-order chi connectivity index (χ1) is 65.4. The minimum Gasteiger partial charge on any atom is -0.264 e. The SMILES string of the molecule is c1ccc2c(-c3cc(-c4c5ccccc5cc5ccccc45)nc(-c4ccc5ccncc5c4)n3)c3ccccc3cc2c1.c1ccc2c(-c3cc(-c4c5ccccc5cc5ccccc45)nc(-c4ccc5cncnc5c4)n3)c3ccccc3cc2c1.c1ccc2c(-c3cc(-c4c5ccccc5cc5ccccc45)nc(-c4ccc5ncncc5c4)n3)c3ccccc3cc2c1. The molecule has 27 aromatic rings. The highest BCUT2D eigenvalue weighted by molar-refractivity contribution is 6.20. The molecule has 0 saturated heterocycles. The van der Waals surface area contributed by atoms with Gasteiger partial charge in [0.1, 0.15) is 12.7 Å². The van der Waals surface area contributed by atoms with Gasteiger partial charge in [-0.3, -0.25) is 4.98 Å². The van der Waals surface area contributed by atoms with Crippen molar-refractivity contribution in [3.8, 4) is 102 Å². The molecular formula is C121H73N11. The summed E-state index contributed by atoms with van der Waals surface area (Å²) in [7, 11) is 0. The average molecular weight is 1680 g/mol. The summed E-state index contributed by atoms with van der Waals surface area (Å²) >= 11 is 0. The first kappa shape index (κ1) is 76.5. The van der Waals surface area contributed by atoms with Crippen LogP contribution in [0.3, 0.4) is 0 Å². The van der Waals surface area contributed by atoms with Crippen LogP contribution >= 0.6 is 0 Å². The van der Waals surface area contributed by atoms with E-state index in [9.17, 15) is 0 Å². The summed E-state index contributed by atoms with van der Waals surface area (Å²) in [4.78, 5) is 53.7. The van der Waals surface area contributed by atoms with Gasteiger partial charge in [0.15, 0.2) is 17.5 Å². The molecule has 11 nitrogen and oxygen atoms in total. The van der Waals surface area contributed by atoms with Crippen molar-refractivity contribution in [1.29, 1.82) is 0 Å². The number of benzene rings is 21. The van der Waals surface area contributed by atoms with Crippen LogP contribution in [0.2, 0.25) is 0 Å². The average Bonchev–Trinajstić information content (AvgIpc) is 0.744. The summed E-state index contributed by atoms with van der Waals surface area (Å²) in [5, 5.41) is 32.3. The standard InChI is InChI=1S/C41H25N3.2C40H24N4/c1-5-13-33-27(9-1)21-28-10-2-6-14-34(28)39(33)37-24-38(44-41(43-37)31-18-17-26-19-20-42-25-32(26)23-31)40-35-15-7-3-11-29(35)22-30-12-4-8-16-36(30)40;1-5-13-31-25(9-1)19-26-10-2-6-14-32(26)38(31)36-22-37(44-40(43-36)29-17-18-35-30(21-29)23-41-24-42-35)39-33-15-7-3-11-27(33)20-28-12-4-8-16-34(28)39;1-5-13-31-25(9-1)19-26-10-2-6-14-32(26)38(31)36-22-37(44-40(43-36)29-17-18-30-23-41-24-42-35(30)21-29)39-33-15-7-3-11-27(33)20-28-12-4-8-16-34(28)39/h1-25H;2*1-24H. The van der Waals surface area contributed by atoms with Crippen molar-refractivity contribution in [2.45, 2.75) is 0 Å². The number of aromatic nitrogens is 11. The second-order valence-electron chi connectivity index (χ2n) is 33.6. The van der Waals surface area contributed by atoms with Gasteiger partial charge in [0.05, 0.1) is 45.2 Å². The van der Waals surface area contributed by atoms with Gasteiger partial charge in [-0.1, -0.05) is 315 Å². The van der Waals surface area contributed by atoms with Gasteiger partial charge < -0.3 is 0 Å². The molecule has 132 heavy (non-hydrogen) atoms. The smallest absolute Gasteiger partial charge is 0.160 e. The molecule has 0 N–H and O–H groups in total. The van der Waals surface area contributed by atoms with E-state index in [4.69, 9.17) is 29.9 Å². The van der Waals surface area contributed by atoms with Gasteiger partial charge in [0.2, 0.25) is 0 Å². The van der Waals surface area contributed by atoms with Gasteiger partial charge in [0, 0.05) is 91.0 Å². The Morgan fingerprint density at radius 1 is 0.144 bits per heavy atom. The van der Waals surface area contributed by atoms with Gasteiger partial charge in [-0.05, 0) is 226 Å². The molecule has 0 aliphatic carbocycles. The van der Waals surface area contributed by atoms with E-state index in [1.807, 2.05) is 43.0 Å². The maximum atomic E-state index is 5.34. The second kappa shape index (κ2) is 32.2. The third-order valence-electron chi connectivity index (χ3n) is 25.8. The summed E-state index contributed by atoms with van der Waals surface area (Å²) in [6.07, 6.45) is 10.6. The predicted molar refractivity (Wildman–Crippen MR) is 547 cm³/mol. The molecule has 612 valence electrons. The Morgan fingerprint density at radius 3 is 0.659 bits per heavy atom. The molecule has 0 saturated carbocycles. The van der Waals surface area contributed by atoms with Crippen LogP contribution in [0.4, 0.5) is 0 Å². The monoisotopic (exact) mass is 1680 g/mol. The number of hydrogen-bond acceptors (Lipinski definition) is 11. The summed E-state index contributed by atoms with van der Waals surface area (Å²) in [5.41, 5.74) is 16.6. The molecule has 6 aromatic heterocycles. The lowest BCUT2D eigenvalue weighted by molar-refractivity contribution is 1.19. The highest BCUT2D eigenvalue weighted by Crippen LogP contribution is 2.47. The highest BCUT2D eigenvalue weighted by Gasteiger charge is 2.25. The van der Waals surface area contributed by atoms with Gasteiger partial charge in [-0.2, -0.15) is 0 Å². The summed E-state index contributed by atoms with van der Waals surface area (Å²) in [5.74, 6) is 2.02. The van der Waals surface area contributed by atoms with E-state index in [1.165, 1.54) is 86.2 Å². The third-order valence-corrected chi connectivity index (χ3v) is 25.8. The molecule has 21 aromatic carbocycles. The molecule has 0 fully saturated rings. The van der Waals surface area contributed by atoms with Crippen molar-refractivity contribution in [3.63, 3.8) is 0 Å². The first-order valence-corrected chi connectivity index (χ1v) is 44.3. The Bertz CT molecular complexity index is 7830. The van der Waals surface area contributed by atoms with E-state index in [2.05, 4.69) is 413 Å². The van der Waals surface area contributed by atoms with Crippen LogP contribution in [0.15, 0.2) is 444 Å².